The van der Waals surface area contributed by atoms with Gasteiger partial charge in [-0.2, -0.15) is 0 Å². The van der Waals surface area contributed by atoms with E-state index in [0.717, 1.165) is 22.3 Å². The smallest absolute Gasteiger partial charge is 0.407 e. The van der Waals surface area contributed by atoms with E-state index in [4.69, 9.17) is 9.84 Å². The molecule has 3 atom stereocenters. The summed E-state index contributed by atoms with van der Waals surface area (Å²) in [6.07, 6.45) is 0.972. The average Bonchev–Trinajstić information content (AvgIpc) is 3.13. The topological polar surface area (TPSA) is 122 Å². The van der Waals surface area contributed by atoms with Crippen molar-refractivity contribution in [3.63, 3.8) is 0 Å². The number of alkyl carbamates (subject to hydrolysis) is 1. The molecule has 3 rings (SSSR count). The van der Waals surface area contributed by atoms with Crippen molar-refractivity contribution < 1.29 is 28.4 Å². The van der Waals surface area contributed by atoms with Crippen LogP contribution in [0.5, 0.6) is 0 Å². The number of ether oxygens (including phenoxy) is 1. The van der Waals surface area contributed by atoms with Crippen molar-refractivity contribution in [1.82, 2.24) is 10.6 Å². The SMILES string of the molecule is CC(CCNC(=O)C(CCC(=O)O)NC(=O)OCC1c2ccccc2-c2ccccc21)S(C)=O. The molecule has 0 saturated heterocycles. The van der Waals surface area contributed by atoms with Gasteiger partial charge in [0.1, 0.15) is 12.6 Å². The quantitative estimate of drug-likeness (QED) is 0.449. The van der Waals surface area contributed by atoms with Gasteiger partial charge in [0.15, 0.2) is 0 Å². The number of amides is 2. The van der Waals surface area contributed by atoms with E-state index in [1.165, 1.54) is 0 Å². The van der Waals surface area contributed by atoms with Crippen molar-refractivity contribution in [2.24, 2.45) is 0 Å². The molecule has 9 heteroatoms. The fraction of sp³-hybridized carbons (Fsp3) is 0.400. The van der Waals surface area contributed by atoms with Crippen molar-refractivity contribution in [3.8, 4) is 11.1 Å². The molecule has 0 radical (unpaired) electrons. The number of hydrogen-bond donors (Lipinski definition) is 3. The van der Waals surface area contributed by atoms with E-state index in [1.807, 2.05) is 55.5 Å². The maximum Gasteiger partial charge on any atom is 0.407 e. The van der Waals surface area contributed by atoms with Gasteiger partial charge in [-0.1, -0.05) is 55.5 Å². The van der Waals surface area contributed by atoms with Crippen LogP contribution >= 0.6 is 0 Å². The number of carbonyl (C=O) groups excluding carboxylic acids is 2. The molecule has 0 fully saturated rings. The Morgan fingerprint density at radius 3 is 2.18 bits per heavy atom. The zero-order valence-electron chi connectivity index (χ0n) is 19.3. The van der Waals surface area contributed by atoms with Crippen LogP contribution in [0.3, 0.4) is 0 Å². The van der Waals surface area contributed by atoms with Gasteiger partial charge in [-0.25, -0.2) is 4.79 Å². The van der Waals surface area contributed by atoms with Gasteiger partial charge in [0.25, 0.3) is 0 Å². The molecule has 2 aromatic carbocycles. The molecule has 34 heavy (non-hydrogen) atoms. The molecule has 0 bridgehead atoms. The molecule has 0 aliphatic heterocycles. The Hall–Kier alpha value is -3.20. The highest BCUT2D eigenvalue weighted by Gasteiger charge is 2.30. The Morgan fingerprint density at radius 2 is 1.62 bits per heavy atom. The van der Waals surface area contributed by atoms with Gasteiger partial charge >= 0.3 is 12.1 Å². The van der Waals surface area contributed by atoms with Crippen LogP contribution in [-0.4, -0.2) is 58.0 Å². The minimum Gasteiger partial charge on any atom is -0.481 e. The molecule has 182 valence electrons. The lowest BCUT2D eigenvalue weighted by Gasteiger charge is -2.19. The highest BCUT2D eigenvalue weighted by Crippen LogP contribution is 2.44. The first kappa shape index (κ1) is 25.4. The first-order valence-electron chi connectivity index (χ1n) is 11.2. The molecule has 2 aromatic rings. The van der Waals surface area contributed by atoms with Gasteiger partial charge in [-0.05, 0) is 35.1 Å². The second-order valence-corrected chi connectivity index (χ2v) is 10.1. The van der Waals surface area contributed by atoms with E-state index in [-0.39, 0.29) is 37.2 Å². The molecule has 1 aliphatic rings. The van der Waals surface area contributed by atoms with Crippen molar-refractivity contribution in [1.29, 1.82) is 0 Å². The highest BCUT2D eigenvalue weighted by atomic mass is 32.2. The lowest BCUT2D eigenvalue weighted by molar-refractivity contribution is -0.137. The molecule has 1 aliphatic carbocycles. The second-order valence-electron chi connectivity index (χ2n) is 8.34. The van der Waals surface area contributed by atoms with Crippen molar-refractivity contribution >= 4 is 28.8 Å². The van der Waals surface area contributed by atoms with Crippen LogP contribution in [0.25, 0.3) is 11.1 Å². The van der Waals surface area contributed by atoms with Crippen molar-refractivity contribution in [2.45, 2.75) is 43.4 Å². The van der Waals surface area contributed by atoms with Gasteiger partial charge in [-0.15, -0.1) is 0 Å². The molecule has 0 saturated carbocycles. The van der Waals surface area contributed by atoms with Crippen LogP contribution in [-0.2, 0) is 25.1 Å². The molecule has 3 unspecified atom stereocenters. The Labute approximate surface area is 201 Å². The Kier molecular flexibility index (Phi) is 8.81. The van der Waals surface area contributed by atoms with E-state index in [0.29, 0.717) is 6.42 Å². The Bertz CT molecular complexity index is 1030. The first-order valence-corrected chi connectivity index (χ1v) is 12.8. The van der Waals surface area contributed by atoms with Gasteiger partial charge in [0, 0.05) is 41.2 Å². The summed E-state index contributed by atoms with van der Waals surface area (Å²) < 4.78 is 17.0. The maximum absolute atomic E-state index is 12.6. The predicted molar refractivity (Wildman–Crippen MR) is 130 cm³/mol. The molecule has 0 spiro atoms. The number of nitrogens with one attached hydrogen (secondary N) is 2. The molecule has 0 heterocycles. The lowest BCUT2D eigenvalue weighted by atomic mass is 9.98. The van der Waals surface area contributed by atoms with E-state index < -0.39 is 34.8 Å². The highest BCUT2D eigenvalue weighted by molar-refractivity contribution is 7.84. The van der Waals surface area contributed by atoms with Gasteiger partial charge in [-0.3, -0.25) is 13.8 Å². The van der Waals surface area contributed by atoms with Crippen LogP contribution in [0.4, 0.5) is 4.79 Å². The van der Waals surface area contributed by atoms with Gasteiger partial charge in [0.05, 0.1) is 0 Å². The van der Waals surface area contributed by atoms with Crippen LogP contribution < -0.4 is 10.6 Å². The largest absolute Gasteiger partial charge is 0.481 e. The van der Waals surface area contributed by atoms with E-state index in [2.05, 4.69) is 10.6 Å². The minimum atomic E-state index is -1.07. The fourth-order valence-electron chi connectivity index (χ4n) is 4.01. The summed E-state index contributed by atoms with van der Waals surface area (Å²) in [5, 5.41) is 14.1. The molecular weight excluding hydrogens is 456 g/mol. The fourth-order valence-corrected chi connectivity index (χ4v) is 4.46. The number of aliphatic carboxylic acids is 1. The van der Waals surface area contributed by atoms with Crippen molar-refractivity contribution in [2.75, 3.05) is 19.4 Å². The molecular formula is C25H30N2O6S. The third-order valence-electron chi connectivity index (χ3n) is 6.02. The number of carboxylic acid groups (broad SMARTS) is 1. The number of benzene rings is 2. The summed E-state index contributed by atoms with van der Waals surface area (Å²) in [6, 6.07) is 14.9. The number of rotatable bonds is 11. The summed E-state index contributed by atoms with van der Waals surface area (Å²) in [6.45, 7) is 2.18. The molecule has 0 aromatic heterocycles. The summed E-state index contributed by atoms with van der Waals surface area (Å²) in [5.41, 5.74) is 4.35. The van der Waals surface area contributed by atoms with Crippen LogP contribution in [0.15, 0.2) is 48.5 Å². The standard InChI is InChI=1S/C25H30N2O6S/c1-16(34(2)32)13-14-26-24(30)22(11-12-23(28)29)27-25(31)33-15-21-19-9-5-3-7-17(19)18-8-4-6-10-20(18)21/h3-10,16,21-22H,11-15H2,1-2H3,(H,26,30)(H,27,31)(H,28,29). The number of carbonyl (C=O) groups is 3. The van der Waals surface area contributed by atoms with Crippen LogP contribution in [0.2, 0.25) is 0 Å². The number of hydrogen-bond acceptors (Lipinski definition) is 5. The number of carboxylic acids is 1. The Morgan fingerprint density at radius 1 is 1.03 bits per heavy atom. The van der Waals surface area contributed by atoms with Crippen LogP contribution in [0, 0.1) is 0 Å². The van der Waals surface area contributed by atoms with E-state index >= 15 is 0 Å². The molecule has 2 amide bonds. The Balaban J connectivity index is 1.60. The summed E-state index contributed by atoms with van der Waals surface area (Å²) in [7, 11) is -1.01. The van der Waals surface area contributed by atoms with E-state index in [9.17, 15) is 18.6 Å². The molecule has 3 N–H and O–H groups in total. The summed E-state index contributed by atoms with van der Waals surface area (Å²) in [4.78, 5) is 36.1. The average molecular weight is 487 g/mol. The third kappa shape index (κ3) is 6.44. The second kappa shape index (κ2) is 11.8. The normalized spacial score (nSPS) is 14.9. The zero-order valence-corrected chi connectivity index (χ0v) is 20.1. The van der Waals surface area contributed by atoms with Crippen molar-refractivity contribution in [3.05, 3.63) is 59.7 Å². The third-order valence-corrected chi connectivity index (χ3v) is 7.38. The predicted octanol–water partition coefficient (Wildman–Crippen LogP) is 3.03. The van der Waals surface area contributed by atoms with Gasteiger partial charge in [0.2, 0.25) is 5.91 Å². The number of fused-ring (bicyclic) bond motifs is 3. The van der Waals surface area contributed by atoms with E-state index in [1.54, 1.807) is 6.26 Å². The summed E-state index contributed by atoms with van der Waals surface area (Å²) >= 11 is 0. The molecule has 8 nitrogen and oxygen atoms in total. The zero-order chi connectivity index (χ0) is 24.7. The van der Waals surface area contributed by atoms with Crippen LogP contribution in [0.1, 0.15) is 43.2 Å². The first-order chi connectivity index (χ1) is 16.3. The lowest BCUT2D eigenvalue weighted by Crippen LogP contribution is -2.47. The van der Waals surface area contributed by atoms with Gasteiger partial charge < -0.3 is 20.5 Å². The maximum atomic E-state index is 12.6. The monoisotopic (exact) mass is 486 g/mol. The minimum absolute atomic E-state index is 0.0688. The summed E-state index contributed by atoms with van der Waals surface area (Å²) in [5.74, 6) is -1.69.